The van der Waals surface area contributed by atoms with Crippen molar-refractivity contribution in [3.05, 3.63) is 29.3 Å². The molecule has 1 aliphatic carbocycles. The number of nitrogens with two attached hydrogens (primary N) is 1. The van der Waals surface area contributed by atoms with Gasteiger partial charge in [-0.25, -0.2) is 0 Å². The molecule has 3 nitrogen and oxygen atoms in total. The number of carbonyl (C=O) groups excluding carboxylic acids is 1. The Labute approximate surface area is 121 Å². The minimum atomic E-state index is 0.00606. The zero-order valence-electron chi connectivity index (χ0n) is 12.6. The number of nitrogen functional groups attached to an aromatic ring is 1. The zero-order chi connectivity index (χ0) is 14.5. The van der Waals surface area contributed by atoms with Crippen molar-refractivity contribution in [3.63, 3.8) is 0 Å². The van der Waals surface area contributed by atoms with Crippen LogP contribution in [0.5, 0.6) is 0 Å². The van der Waals surface area contributed by atoms with Crippen LogP contribution in [0.25, 0.3) is 0 Å². The molecular formula is C17H26N2O. The lowest BCUT2D eigenvalue weighted by atomic mass is 9.92. The molecule has 0 saturated heterocycles. The molecular weight excluding hydrogens is 248 g/mol. The summed E-state index contributed by atoms with van der Waals surface area (Å²) in [6.07, 6.45) is 7.73. The van der Waals surface area contributed by atoms with Gasteiger partial charge in [-0.3, -0.25) is 4.79 Å². The van der Waals surface area contributed by atoms with E-state index in [9.17, 15) is 4.79 Å². The van der Waals surface area contributed by atoms with Gasteiger partial charge in [-0.05, 0) is 50.3 Å². The number of hydrogen-bond acceptors (Lipinski definition) is 2. The van der Waals surface area contributed by atoms with Gasteiger partial charge in [0.1, 0.15) is 0 Å². The van der Waals surface area contributed by atoms with Crippen LogP contribution in [0.1, 0.15) is 61.4 Å². The smallest absolute Gasteiger partial charge is 0.251 e. The molecule has 3 N–H and O–H groups in total. The van der Waals surface area contributed by atoms with E-state index >= 15 is 0 Å². The van der Waals surface area contributed by atoms with Gasteiger partial charge in [-0.1, -0.05) is 31.7 Å². The molecule has 1 amide bonds. The summed E-state index contributed by atoms with van der Waals surface area (Å²) in [5, 5.41) is 3.17. The van der Waals surface area contributed by atoms with Gasteiger partial charge >= 0.3 is 0 Å². The topological polar surface area (TPSA) is 55.1 Å². The van der Waals surface area contributed by atoms with Gasteiger partial charge in [-0.2, -0.15) is 0 Å². The van der Waals surface area contributed by atoms with E-state index in [1.807, 2.05) is 25.1 Å². The number of carbonyl (C=O) groups is 1. The van der Waals surface area contributed by atoms with Crippen LogP contribution in [0.4, 0.5) is 5.69 Å². The molecule has 0 radical (unpaired) electrons. The first-order valence-corrected chi connectivity index (χ1v) is 7.75. The van der Waals surface area contributed by atoms with E-state index in [0.717, 1.165) is 5.56 Å². The summed E-state index contributed by atoms with van der Waals surface area (Å²) in [7, 11) is 0. The summed E-state index contributed by atoms with van der Waals surface area (Å²) < 4.78 is 0. The van der Waals surface area contributed by atoms with E-state index in [1.165, 1.54) is 38.5 Å². The first-order chi connectivity index (χ1) is 9.59. The summed E-state index contributed by atoms with van der Waals surface area (Å²) in [5.41, 5.74) is 8.13. The number of anilines is 1. The molecule has 1 atom stereocenters. The lowest BCUT2D eigenvalue weighted by Crippen LogP contribution is -2.38. The van der Waals surface area contributed by atoms with Crippen LogP contribution in [0, 0.1) is 12.8 Å². The largest absolute Gasteiger partial charge is 0.398 e. The maximum Gasteiger partial charge on any atom is 0.251 e. The van der Waals surface area contributed by atoms with E-state index in [1.54, 1.807) is 0 Å². The highest BCUT2D eigenvalue weighted by Gasteiger charge is 2.21. The molecule has 110 valence electrons. The molecule has 2 rings (SSSR count). The van der Waals surface area contributed by atoms with E-state index in [-0.39, 0.29) is 11.9 Å². The molecule has 0 bridgehead atoms. The fraction of sp³-hybridized carbons (Fsp3) is 0.588. The SMILES string of the molecule is Cc1c(N)cccc1C(=O)N[C@H](C)C1CCCCCC1. The highest BCUT2D eigenvalue weighted by atomic mass is 16.1. The molecule has 0 heterocycles. The van der Waals surface area contributed by atoms with Crippen molar-refractivity contribution in [2.75, 3.05) is 5.73 Å². The third-order valence-electron chi connectivity index (χ3n) is 4.59. The Morgan fingerprint density at radius 1 is 1.25 bits per heavy atom. The normalized spacial score (nSPS) is 18.3. The molecule has 20 heavy (non-hydrogen) atoms. The molecule has 0 aromatic heterocycles. The first kappa shape index (κ1) is 14.9. The van der Waals surface area contributed by atoms with Crippen LogP contribution < -0.4 is 11.1 Å². The average molecular weight is 274 g/mol. The van der Waals surface area contributed by atoms with E-state index in [4.69, 9.17) is 5.73 Å². The Hall–Kier alpha value is -1.51. The summed E-state index contributed by atoms with van der Waals surface area (Å²) in [6, 6.07) is 5.76. The number of rotatable bonds is 3. The van der Waals surface area contributed by atoms with Gasteiger partial charge in [-0.15, -0.1) is 0 Å². The number of hydrogen-bond donors (Lipinski definition) is 2. The Balaban J connectivity index is 2.01. The Morgan fingerprint density at radius 2 is 1.90 bits per heavy atom. The number of benzene rings is 1. The van der Waals surface area contributed by atoms with Crippen LogP contribution in [-0.4, -0.2) is 11.9 Å². The monoisotopic (exact) mass is 274 g/mol. The van der Waals surface area contributed by atoms with Crippen LogP contribution in [-0.2, 0) is 0 Å². The van der Waals surface area contributed by atoms with Gasteiger partial charge in [0.05, 0.1) is 0 Å². The van der Waals surface area contributed by atoms with Gasteiger partial charge in [0.2, 0.25) is 0 Å². The summed E-state index contributed by atoms with van der Waals surface area (Å²) in [5.74, 6) is 0.620. The average Bonchev–Trinajstić information content (AvgIpc) is 2.70. The maximum absolute atomic E-state index is 12.4. The van der Waals surface area contributed by atoms with Gasteiger partial charge in [0.15, 0.2) is 0 Å². The molecule has 1 aromatic carbocycles. The standard InChI is InChI=1S/C17H26N2O/c1-12-15(10-7-11-16(12)18)17(20)19-13(2)14-8-5-3-4-6-9-14/h7,10-11,13-14H,3-6,8-9,18H2,1-2H3,(H,19,20)/t13-/m1/s1. The van der Waals surface area contributed by atoms with Crippen molar-refractivity contribution in [1.29, 1.82) is 0 Å². The molecule has 0 aliphatic heterocycles. The molecule has 0 unspecified atom stereocenters. The maximum atomic E-state index is 12.4. The molecule has 1 saturated carbocycles. The zero-order valence-corrected chi connectivity index (χ0v) is 12.6. The quantitative estimate of drug-likeness (QED) is 0.652. The van der Waals surface area contributed by atoms with Gasteiger partial charge < -0.3 is 11.1 Å². The van der Waals surface area contributed by atoms with Crippen molar-refractivity contribution in [3.8, 4) is 0 Å². The summed E-state index contributed by atoms with van der Waals surface area (Å²) in [6.45, 7) is 4.04. The Morgan fingerprint density at radius 3 is 2.55 bits per heavy atom. The van der Waals surface area contributed by atoms with E-state index in [2.05, 4.69) is 12.2 Å². The molecule has 0 spiro atoms. The lowest BCUT2D eigenvalue weighted by molar-refractivity contribution is 0.0923. The highest BCUT2D eigenvalue weighted by molar-refractivity contribution is 5.97. The van der Waals surface area contributed by atoms with E-state index in [0.29, 0.717) is 17.2 Å². The fourth-order valence-corrected chi connectivity index (χ4v) is 3.11. The number of amides is 1. The predicted octanol–water partition coefficient (Wildman–Crippen LogP) is 3.67. The van der Waals surface area contributed by atoms with Crippen LogP contribution in [0.2, 0.25) is 0 Å². The van der Waals surface area contributed by atoms with Gasteiger partial charge in [0, 0.05) is 17.3 Å². The van der Waals surface area contributed by atoms with Gasteiger partial charge in [0.25, 0.3) is 5.91 Å². The van der Waals surface area contributed by atoms with Crippen molar-refractivity contribution in [2.45, 2.75) is 58.4 Å². The molecule has 1 fully saturated rings. The van der Waals surface area contributed by atoms with Crippen LogP contribution >= 0.6 is 0 Å². The first-order valence-electron chi connectivity index (χ1n) is 7.75. The van der Waals surface area contributed by atoms with E-state index < -0.39 is 0 Å². The molecule has 3 heteroatoms. The minimum Gasteiger partial charge on any atom is -0.398 e. The molecule has 1 aromatic rings. The second-order valence-electron chi connectivity index (χ2n) is 6.03. The Bertz CT molecular complexity index is 462. The fourth-order valence-electron chi connectivity index (χ4n) is 3.11. The third-order valence-corrected chi connectivity index (χ3v) is 4.59. The summed E-state index contributed by atoms with van der Waals surface area (Å²) in [4.78, 5) is 12.4. The predicted molar refractivity (Wildman–Crippen MR) is 83.7 cm³/mol. The van der Waals surface area contributed by atoms with Crippen LogP contribution in [0.3, 0.4) is 0 Å². The van der Waals surface area contributed by atoms with Crippen LogP contribution in [0.15, 0.2) is 18.2 Å². The van der Waals surface area contributed by atoms with Crippen molar-refractivity contribution < 1.29 is 4.79 Å². The van der Waals surface area contributed by atoms with Crippen molar-refractivity contribution >= 4 is 11.6 Å². The summed E-state index contributed by atoms with van der Waals surface area (Å²) >= 11 is 0. The molecule has 1 aliphatic rings. The Kier molecular flexibility index (Phi) is 5.05. The second kappa shape index (κ2) is 6.78. The third kappa shape index (κ3) is 3.53. The van der Waals surface area contributed by atoms with Crippen molar-refractivity contribution in [1.82, 2.24) is 5.32 Å². The second-order valence-corrected chi connectivity index (χ2v) is 6.03. The number of nitrogens with one attached hydrogen (secondary N) is 1. The lowest BCUT2D eigenvalue weighted by Gasteiger charge is -2.24. The highest BCUT2D eigenvalue weighted by Crippen LogP contribution is 2.26. The van der Waals surface area contributed by atoms with Crippen molar-refractivity contribution in [2.24, 2.45) is 5.92 Å². The minimum absolute atomic E-state index is 0.00606.